The standard InChI is InChI=1S/C31H34ClN5O4.CH2O2/c1-35(2)23-9-7-21(8-10-23)30(39)37-19-26-22-5-3-6-24(17-22)41-16-15-36(14-4-12-34-29(38)27(26)20-37)31(40)25-11-13-33-18-28(25)32;2-1-3/h3,5-11,13,17-18,26-27H,4,12,14-16,19-20H2,1-2H3,(H,34,38);1H,(H,2,3)/t26-,27+;/m1./s1. The van der Waals surface area contributed by atoms with Gasteiger partial charge in [-0.2, -0.15) is 0 Å². The van der Waals surface area contributed by atoms with E-state index in [0.717, 1.165) is 11.3 Å². The Morgan fingerprint density at radius 2 is 1.77 bits per heavy atom. The summed E-state index contributed by atoms with van der Waals surface area (Å²) in [4.78, 5) is 57.9. The van der Waals surface area contributed by atoms with E-state index in [0.29, 0.717) is 67.7 Å². The summed E-state index contributed by atoms with van der Waals surface area (Å²) in [7, 11) is 3.91. The van der Waals surface area contributed by atoms with Crippen molar-refractivity contribution >= 4 is 41.5 Å². The van der Waals surface area contributed by atoms with E-state index in [1.807, 2.05) is 67.5 Å². The van der Waals surface area contributed by atoms with E-state index in [2.05, 4.69) is 10.3 Å². The lowest BCUT2D eigenvalue weighted by molar-refractivity contribution is -0.125. The van der Waals surface area contributed by atoms with Crippen LogP contribution in [0.1, 0.15) is 38.6 Å². The van der Waals surface area contributed by atoms with E-state index in [1.165, 1.54) is 12.4 Å². The van der Waals surface area contributed by atoms with Crippen LogP contribution < -0.4 is 15.0 Å². The van der Waals surface area contributed by atoms with Crippen molar-refractivity contribution in [1.82, 2.24) is 20.1 Å². The lowest BCUT2D eigenvalue weighted by Gasteiger charge is -2.25. The van der Waals surface area contributed by atoms with Gasteiger partial charge in [0.2, 0.25) is 5.91 Å². The predicted octanol–water partition coefficient (Wildman–Crippen LogP) is 3.40. The zero-order chi connectivity index (χ0) is 31.6. The zero-order valence-corrected chi connectivity index (χ0v) is 25.4. The Bertz CT molecular complexity index is 1470. The summed E-state index contributed by atoms with van der Waals surface area (Å²) in [6.45, 7) is 1.98. The van der Waals surface area contributed by atoms with Crippen LogP contribution in [0.4, 0.5) is 5.69 Å². The van der Waals surface area contributed by atoms with Gasteiger partial charge in [0.05, 0.1) is 23.0 Å². The molecule has 232 valence electrons. The molecule has 1 fully saturated rings. The lowest BCUT2D eigenvalue weighted by atomic mass is 9.88. The summed E-state index contributed by atoms with van der Waals surface area (Å²) in [6.07, 6.45) is 3.55. The van der Waals surface area contributed by atoms with Crippen LogP contribution in [0.2, 0.25) is 5.02 Å². The van der Waals surface area contributed by atoms with Gasteiger partial charge in [0.15, 0.2) is 0 Å². The van der Waals surface area contributed by atoms with Crippen molar-refractivity contribution in [3.8, 4) is 5.75 Å². The highest BCUT2D eigenvalue weighted by Gasteiger charge is 2.40. The highest BCUT2D eigenvalue weighted by atomic mass is 35.5. The maximum atomic E-state index is 13.5. The minimum atomic E-state index is -0.411. The molecule has 44 heavy (non-hydrogen) atoms. The van der Waals surface area contributed by atoms with Crippen LogP contribution in [-0.2, 0) is 9.59 Å². The number of carbonyl (C=O) groups excluding carboxylic acids is 3. The summed E-state index contributed by atoms with van der Waals surface area (Å²) in [6, 6.07) is 16.8. The Morgan fingerprint density at radius 3 is 2.48 bits per heavy atom. The van der Waals surface area contributed by atoms with Crippen LogP contribution >= 0.6 is 11.6 Å². The third kappa shape index (κ3) is 7.84. The third-order valence-electron chi connectivity index (χ3n) is 7.68. The number of hydrogen-bond donors (Lipinski definition) is 2. The Labute approximate surface area is 261 Å². The normalized spacial score (nSPS) is 18.4. The van der Waals surface area contributed by atoms with Gasteiger partial charge >= 0.3 is 0 Å². The topological polar surface area (TPSA) is 132 Å². The molecule has 12 heteroatoms. The fraction of sp³-hybridized carbons (Fsp3) is 0.344. The van der Waals surface area contributed by atoms with Gasteiger partial charge in [-0.05, 0) is 54.4 Å². The number of halogens is 1. The largest absolute Gasteiger partial charge is 0.492 e. The molecule has 2 aliphatic rings. The first-order valence-electron chi connectivity index (χ1n) is 14.3. The number of likely N-dealkylation sites (tertiary alicyclic amines) is 1. The molecule has 2 aromatic carbocycles. The fourth-order valence-corrected chi connectivity index (χ4v) is 5.61. The van der Waals surface area contributed by atoms with Gasteiger partial charge in [-0.3, -0.25) is 24.2 Å². The van der Waals surface area contributed by atoms with Gasteiger partial charge in [0.1, 0.15) is 12.4 Å². The summed E-state index contributed by atoms with van der Waals surface area (Å²) in [5.41, 5.74) is 2.92. The Balaban J connectivity index is 0.00000141. The average molecular weight is 622 g/mol. The monoisotopic (exact) mass is 621 g/mol. The molecule has 2 bridgehead atoms. The number of rotatable bonds is 3. The quantitative estimate of drug-likeness (QED) is 0.426. The van der Waals surface area contributed by atoms with Crippen molar-refractivity contribution in [2.75, 3.05) is 58.3 Å². The molecular formula is C32H36ClN5O6. The Hall–Kier alpha value is -4.64. The van der Waals surface area contributed by atoms with Crippen molar-refractivity contribution < 1.29 is 29.0 Å². The lowest BCUT2D eigenvalue weighted by Crippen LogP contribution is -2.39. The van der Waals surface area contributed by atoms with Crippen LogP contribution in [0.25, 0.3) is 0 Å². The van der Waals surface area contributed by atoms with Crippen LogP contribution in [0.15, 0.2) is 67.0 Å². The maximum absolute atomic E-state index is 13.5. The molecule has 3 amide bonds. The van der Waals surface area contributed by atoms with E-state index in [1.54, 1.807) is 15.9 Å². The number of anilines is 1. The number of hydrogen-bond acceptors (Lipinski definition) is 7. The van der Waals surface area contributed by atoms with Crippen molar-refractivity contribution in [2.45, 2.75) is 12.3 Å². The van der Waals surface area contributed by atoms with Gasteiger partial charge < -0.3 is 29.9 Å². The molecule has 0 radical (unpaired) electrons. The van der Waals surface area contributed by atoms with Crippen molar-refractivity contribution in [3.63, 3.8) is 0 Å². The highest BCUT2D eigenvalue weighted by Crippen LogP contribution is 2.35. The molecule has 2 aliphatic heterocycles. The van der Waals surface area contributed by atoms with Crippen molar-refractivity contribution in [3.05, 3.63) is 88.7 Å². The van der Waals surface area contributed by atoms with Gasteiger partial charge in [-0.15, -0.1) is 0 Å². The van der Waals surface area contributed by atoms with Crippen LogP contribution in [0.5, 0.6) is 5.75 Å². The molecule has 3 heterocycles. The number of nitrogens with zero attached hydrogens (tertiary/aromatic N) is 4. The van der Waals surface area contributed by atoms with Gasteiger partial charge in [0.25, 0.3) is 18.3 Å². The van der Waals surface area contributed by atoms with Gasteiger partial charge in [-0.1, -0.05) is 23.7 Å². The number of nitrogens with one attached hydrogen (secondary N) is 1. The predicted molar refractivity (Wildman–Crippen MR) is 166 cm³/mol. The fourth-order valence-electron chi connectivity index (χ4n) is 5.41. The minimum Gasteiger partial charge on any atom is -0.492 e. The molecule has 2 N–H and O–H groups in total. The molecule has 3 aromatic rings. The molecule has 5 rings (SSSR count). The first kappa shape index (κ1) is 32.3. The average Bonchev–Trinajstić information content (AvgIpc) is 3.48. The maximum Gasteiger partial charge on any atom is 0.290 e. The van der Waals surface area contributed by atoms with Gasteiger partial charge in [-0.25, -0.2) is 0 Å². The number of fused-ring (bicyclic) bond motifs is 4. The first-order chi connectivity index (χ1) is 21.2. The molecule has 0 aliphatic carbocycles. The summed E-state index contributed by atoms with van der Waals surface area (Å²) >= 11 is 6.24. The number of carbonyl (C=O) groups is 4. The zero-order valence-electron chi connectivity index (χ0n) is 24.7. The first-order valence-corrected chi connectivity index (χ1v) is 14.6. The third-order valence-corrected chi connectivity index (χ3v) is 7.99. The molecule has 1 saturated heterocycles. The minimum absolute atomic E-state index is 0.0927. The molecule has 11 nitrogen and oxygen atoms in total. The highest BCUT2D eigenvalue weighted by molar-refractivity contribution is 6.33. The van der Waals surface area contributed by atoms with E-state index in [-0.39, 0.29) is 30.1 Å². The van der Waals surface area contributed by atoms with Crippen molar-refractivity contribution in [1.29, 1.82) is 0 Å². The summed E-state index contributed by atoms with van der Waals surface area (Å²) < 4.78 is 6.06. The Morgan fingerprint density at radius 1 is 1.05 bits per heavy atom. The summed E-state index contributed by atoms with van der Waals surface area (Å²) in [5.74, 6) is -0.338. The summed E-state index contributed by atoms with van der Waals surface area (Å²) in [5, 5.41) is 10.2. The van der Waals surface area contributed by atoms with Crippen LogP contribution in [0, 0.1) is 5.92 Å². The SMILES string of the molecule is CN(C)c1ccc(C(=O)N2C[C@@H]3C(=O)NCCCN(C(=O)c4ccncc4Cl)CCOc4cccc(c4)[C@H]3C2)cc1.O=CO. The molecule has 0 unspecified atom stereocenters. The van der Waals surface area contributed by atoms with Gasteiger partial charge in [0, 0.05) is 69.8 Å². The number of benzene rings is 2. The molecule has 2 atom stereocenters. The second kappa shape index (κ2) is 15.2. The smallest absolute Gasteiger partial charge is 0.290 e. The van der Waals surface area contributed by atoms with E-state index in [4.69, 9.17) is 26.2 Å². The molecular weight excluding hydrogens is 586 g/mol. The number of ether oxygens (including phenoxy) is 1. The van der Waals surface area contributed by atoms with E-state index < -0.39 is 5.92 Å². The van der Waals surface area contributed by atoms with Crippen molar-refractivity contribution in [2.24, 2.45) is 5.92 Å². The van der Waals surface area contributed by atoms with E-state index in [9.17, 15) is 14.4 Å². The number of carboxylic acid groups (broad SMARTS) is 1. The molecule has 1 aromatic heterocycles. The molecule has 0 spiro atoms. The Kier molecular flexibility index (Phi) is 11.1. The number of aromatic nitrogens is 1. The van der Waals surface area contributed by atoms with Crippen LogP contribution in [-0.4, -0.2) is 97.5 Å². The number of amides is 3. The number of pyridine rings is 1. The second-order valence-corrected chi connectivity index (χ2v) is 11.1. The second-order valence-electron chi connectivity index (χ2n) is 10.7. The van der Waals surface area contributed by atoms with E-state index >= 15 is 0 Å². The molecule has 0 saturated carbocycles. The van der Waals surface area contributed by atoms with Crippen LogP contribution in [0.3, 0.4) is 0 Å².